The van der Waals surface area contributed by atoms with Crippen LogP contribution < -0.4 is 11.1 Å². The number of nitrogens with one attached hydrogen (secondary N) is 1. The lowest BCUT2D eigenvalue weighted by Crippen LogP contribution is -2.24. The molecule has 3 N–H and O–H groups in total. The van der Waals surface area contributed by atoms with Crippen LogP contribution in [0.2, 0.25) is 0 Å². The lowest BCUT2D eigenvalue weighted by Gasteiger charge is -2.05. The lowest BCUT2D eigenvalue weighted by molar-refractivity contribution is 0.0954. The molecule has 0 fully saturated rings. The zero-order valence-electron chi connectivity index (χ0n) is 11.4. The third-order valence-corrected chi connectivity index (χ3v) is 4.34. The first-order valence-corrected chi connectivity index (χ1v) is 7.29. The van der Waals surface area contributed by atoms with E-state index in [1.165, 1.54) is 11.3 Å². The van der Waals surface area contributed by atoms with Crippen LogP contribution in [0.25, 0.3) is 10.1 Å². The fourth-order valence-electron chi connectivity index (χ4n) is 2.06. The van der Waals surface area contributed by atoms with Crippen molar-refractivity contribution in [1.29, 1.82) is 0 Å². The number of aromatic nitrogens is 4. The molecule has 21 heavy (non-hydrogen) atoms. The summed E-state index contributed by atoms with van der Waals surface area (Å²) >= 11 is 1.34. The van der Waals surface area contributed by atoms with Gasteiger partial charge in [0.05, 0.1) is 16.9 Å². The molecule has 0 aliphatic heterocycles. The van der Waals surface area contributed by atoms with Crippen molar-refractivity contribution in [2.24, 2.45) is 0 Å². The topological polar surface area (TPSA) is 98.7 Å². The number of aryl methyl sites for hydroxylation is 1. The molecule has 0 aliphatic rings. The molecule has 0 unspecified atom stereocenters. The number of carbonyl (C=O) groups is 1. The van der Waals surface area contributed by atoms with Crippen LogP contribution in [0.15, 0.2) is 24.8 Å². The SMILES string of the molecule is CCn1cnnc1CNC(=O)c1sc2cnccc2c1N. The zero-order valence-corrected chi connectivity index (χ0v) is 12.2. The molecule has 108 valence electrons. The Kier molecular flexibility index (Phi) is 3.53. The minimum absolute atomic E-state index is 0.209. The van der Waals surface area contributed by atoms with Crippen LogP contribution in [0, 0.1) is 0 Å². The largest absolute Gasteiger partial charge is 0.397 e. The molecule has 7 nitrogen and oxygen atoms in total. The Morgan fingerprint density at radius 3 is 3.14 bits per heavy atom. The number of nitrogens with zero attached hydrogens (tertiary/aromatic N) is 4. The maximum atomic E-state index is 12.3. The summed E-state index contributed by atoms with van der Waals surface area (Å²) in [5, 5.41) is 11.5. The molecule has 3 rings (SSSR count). The summed E-state index contributed by atoms with van der Waals surface area (Å²) in [5.41, 5.74) is 6.53. The van der Waals surface area contributed by atoms with Crippen molar-refractivity contribution in [3.63, 3.8) is 0 Å². The van der Waals surface area contributed by atoms with Crippen molar-refractivity contribution in [2.45, 2.75) is 20.0 Å². The van der Waals surface area contributed by atoms with Crippen LogP contribution in [0.5, 0.6) is 0 Å². The van der Waals surface area contributed by atoms with Gasteiger partial charge >= 0.3 is 0 Å². The van der Waals surface area contributed by atoms with Gasteiger partial charge < -0.3 is 15.6 Å². The van der Waals surface area contributed by atoms with Gasteiger partial charge in [-0.25, -0.2) is 0 Å². The predicted octanol–water partition coefficient (Wildman–Crippen LogP) is 1.42. The standard InChI is InChI=1S/C13H14N6OS/c1-2-19-7-17-18-10(19)6-16-13(20)12-11(14)8-3-4-15-5-9(8)21-12/h3-5,7H,2,6,14H2,1H3,(H,16,20). The van der Waals surface area contributed by atoms with E-state index in [0.717, 1.165) is 16.6 Å². The fourth-order valence-corrected chi connectivity index (χ4v) is 3.07. The highest BCUT2D eigenvalue weighted by molar-refractivity contribution is 7.21. The fraction of sp³-hybridized carbons (Fsp3) is 0.231. The molecular weight excluding hydrogens is 288 g/mol. The summed E-state index contributed by atoms with van der Waals surface area (Å²) in [4.78, 5) is 16.8. The monoisotopic (exact) mass is 302 g/mol. The van der Waals surface area contributed by atoms with E-state index >= 15 is 0 Å². The molecular formula is C13H14N6OS. The summed E-state index contributed by atoms with van der Waals surface area (Å²) in [6.45, 7) is 3.07. The van der Waals surface area contributed by atoms with Gasteiger partial charge in [-0.3, -0.25) is 9.78 Å². The van der Waals surface area contributed by atoms with Gasteiger partial charge in [0.2, 0.25) is 0 Å². The summed E-state index contributed by atoms with van der Waals surface area (Å²) in [5.74, 6) is 0.506. The summed E-state index contributed by atoms with van der Waals surface area (Å²) in [7, 11) is 0. The molecule has 0 aliphatic carbocycles. The Balaban J connectivity index is 1.80. The Morgan fingerprint density at radius 1 is 1.52 bits per heavy atom. The number of amides is 1. The number of carbonyl (C=O) groups excluding carboxylic acids is 1. The average molecular weight is 302 g/mol. The first kappa shape index (κ1) is 13.5. The maximum Gasteiger partial charge on any atom is 0.263 e. The van der Waals surface area contributed by atoms with Crippen molar-refractivity contribution in [1.82, 2.24) is 25.1 Å². The molecule has 3 aromatic rings. The number of hydrogen-bond donors (Lipinski definition) is 2. The second-order valence-corrected chi connectivity index (χ2v) is 5.48. The normalized spacial score (nSPS) is 10.9. The van der Waals surface area contributed by atoms with Crippen LogP contribution in [-0.2, 0) is 13.1 Å². The lowest BCUT2D eigenvalue weighted by atomic mass is 10.2. The number of fused-ring (bicyclic) bond motifs is 1. The van der Waals surface area contributed by atoms with Gasteiger partial charge in [-0.2, -0.15) is 0 Å². The molecule has 0 spiro atoms. The smallest absolute Gasteiger partial charge is 0.263 e. The number of nitrogens with two attached hydrogens (primary N) is 1. The molecule has 8 heteroatoms. The van der Waals surface area contributed by atoms with Crippen LogP contribution >= 0.6 is 11.3 Å². The second kappa shape index (κ2) is 5.49. The van der Waals surface area contributed by atoms with Gasteiger partial charge in [-0.15, -0.1) is 21.5 Å². The van der Waals surface area contributed by atoms with Gasteiger partial charge in [-0.1, -0.05) is 0 Å². The molecule has 0 aromatic carbocycles. The third kappa shape index (κ3) is 2.45. The number of pyridine rings is 1. The highest BCUT2D eigenvalue weighted by Gasteiger charge is 2.16. The molecule has 3 aromatic heterocycles. The Morgan fingerprint density at radius 2 is 2.38 bits per heavy atom. The first-order chi connectivity index (χ1) is 10.2. The van der Waals surface area contributed by atoms with Gasteiger partial charge in [0.25, 0.3) is 5.91 Å². The van der Waals surface area contributed by atoms with E-state index in [9.17, 15) is 4.79 Å². The Labute approximate surface area is 124 Å². The van der Waals surface area contributed by atoms with E-state index in [4.69, 9.17) is 5.73 Å². The van der Waals surface area contributed by atoms with Gasteiger partial charge in [-0.05, 0) is 13.0 Å². The highest BCUT2D eigenvalue weighted by atomic mass is 32.1. The molecule has 1 amide bonds. The second-order valence-electron chi connectivity index (χ2n) is 4.43. The predicted molar refractivity (Wildman–Crippen MR) is 80.9 cm³/mol. The number of nitrogen functional groups attached to an aromatic ring is 1. The minimum atomic E-state index is -0.209. The summed E-state index contributed by atoms with van der Waals surface area (Å²) < 4.78 is 2.77. The van der Waals surface area contributed by atoms with Crippen LogP contribution in [-0.4, -0.2) is 25.7 Å². The molecule has 0 radical (unpaired) electrons. The van der Waals surface area contributed by atoms with Crippen molar-refractivity contribution < 1.29 is 4.79 Å². The summed E-state index contributed by atoms with van der Waals surface area (Å²) in [6.07, 6.45) is 5.01. The molecule has 0 atom stereocenters. The molecule has 0 bridgehead atoms. The van der Waals surface area contributed by atoms with E-state index in [1.807, 2.05) is 17.6 Å². The van der Waals surface area contributed by atoms with Crippen LogP contribution in [0.4, 0.5) is 5.69 Å². The first-order valence-electron chi connectivity index (χ1n) is 6.47. The highest BCUT2D eigenvalue weighted by Crippen LogP contribution is 2.32. The van der Waals surface area contributed by atoms with Gasteiger partial charge in [0, 0.05) is 24.3 Å². The van der Waals surface area contributed by atoms with Crippen molar-refractivity contribution >= 4 is 33.0 Å². The Hall–Kier alpha value is -2.48. The van der Waals surface area contributed by atoms with Gasteiger partial charge in [0.15, 0.2) is 5.82 Å². The average Bonchev–Trinajstić information content (AvgIpc) is 3.09. The van der Waals surface area contributed by atoms with Gasteiger partial charge in [0.1, 0.15) is 11.2 Å². The molecule has 3 heterocycles. The number of hydrogen-bond acceptors (Lipinski definition) is 6. The number of rotatable bonds is 4. The van der Waals surface area contributed by atoms with Crippen molar-refractivity contribution in [3.8, 4) is 0 Å². The number of anilines is 1. The third-order valence-electron chi connectivity index (χ3n) is 3.18. The van der Waals surface area contributed by atoms with E-state index in [1.54, 1.807) is 18.7 Å². The minimum Gasteiger partial charge on any atom is -0.397 e. The Bertz CT molecular complexity index is 793. The van der Waals surface area contributed by atoms with E-state index < -0.39 is 0 Å². The van der Waals surface area contributed by atoms with Crippen molar-refractivity contribution in [2.75, 3.05) is 5.73 Å². The zero-order chi connectivity index (χ0) is 14.8. The van der Waals surface area contributed by atoms with Crippen molar-refractivity contribution in [3.05, 3.63) is 35.5 Å². The summed E-state index contributed by atoms with van der Waals surface area (Å²) in [6, 6.07) is 1.81. The van der Waals surface area contributed by atoms with E-state index in [0.29, 0.717) is 22.9 Å². The van der Waals surface area contributed by atoms with E-state index in [2.05, 4.69) is 20.5 Å². The van der Waals surface area contributed by atoms with E-state index in [-0.39, 0.29) is 5.91 Å². The quantitative estimate of drug-likeness (QED) is 0.759. The molecule has 0 saturated carbocycles. The molecule has 0 saturated heterocycles. The van der Waals surface area contributed by atoms with Crippen LogP contribution in [0.3, 0.4) is 0 Å². The number of thiophene rings is 1. The maximum absolute atomic E-state index is 12.3. The van der Waals surface area contributed by atoms with Crippen LogP contribution in [0.1, 0.15) is 22.4 Å².